The normalized spacial score (nSPS) is 17.5. The summed E-state index contributed by atoms with van der Waals surface area (Å²) in [7, 11) is 0. The van der Waals surface area contributed by atoms with Crippen LogP contribution in [0.2, 0.25) is 0 Å². The van der Waals surface area contributed by atoms with E-state index in [0.717, 1.165) is 0 Å². The van der Waals surface area contributed by atoms with Gasteiger partial charge in [0.05, 0.1) is 0 Å². The predicted molar refractivity (Wildman–Crippen MR) is 35.6 cm³/mol. The van der Waals surface area contributed by atoms with Crippen molar-refractivity contribution >= 4 is 0 Å². The lowest BCUT2D eigenvalue weighted by atomic mass is 10.1. The molecule has 0 amide bonds. The van der Waals surface area contributed by atoms with Crippen LogP contribution in [0.15, 0.2) is 0 Å². The van der Waals surface area contributed by atoms with Crippen LogP contribution >= 0.6 is 0 Å². The zero-order valence-electron chi connectivity index (χ0n) is 6.67. The second kappa shape index (κ2) is 4.62. The summed E-state index contributed by atoms with van der Waals surface area (Å²) in [5.41, 5.74) is 0. The molecule has 0 radical (unpaired) electrons. The van der Waals surface area contributed by atoms with Gasteiger partial charge < -0.3 is 0 Å². The first-order valence-electron chi connectivity index (χ1n) is 3.68. The molecule has 0 heterocycles. The van der Waals surface area contributed by atoms with Crippen LogP contribution < -0.4 is 0 Å². The van der Waals surface area contributed by atoms with E-state index in [-0.39, 0.29) is 6.42 Å². The maximum Gasteiger partial charge on any atom is 0.311 e. The van der Waals surface area contributed by atoms with Crippen LogP contribution in [0.5, 0.6) is 0 Å². The van der Waals surface area contributed by atoms with Crippen LogP contribution in [0.4, 0.5) is 22.0 Å². The van der Waals surface area contributed by atoms with Crippen molar-refractivity contribution in [2.75, 3.05) is 6.67 Å². The third kappa shape index (κ3) is 2.60. The van der Waals surface area contributed by atoms with Crippen molar-refractivity contribution in [3.8, 4) is 0 Å². The largest absolute Gasteiger partial charge is 0.311 e. The minimum atomic E-state index is -4.19. The van der Waals surface area contributed by atoms with Crippen molar-refractivity contribution < 1.29 is 22.0 Å². The summed E-state index contributed by atoms with van der Waals surface area (Å²) in [6.45, 7) is -0.359. The Hall–Kier alpha value is -0.350. The molecular formula is C7H11F5. The highest BCUT2D eigenvalue weighted by Crippen LogP contribution is 2.30. The quantitative estimate of drug-likeness (QED) is 0.584. The van der Waals surface area contributed by atoms with E-state index in [4.69, 9.17) is 0 Å². The molecule has 0 aromatic heterocycles. The highest BCUT2D eigenvalue weighted by atomic mass is 19.3. The molecule has 74 valence electrons. The smallest absolute Gasteiger partial charge is 0.248 e. The Morgan fingerprint density at radius 3 is 2.00 bits per heavy atom. The Balaban J connectivity index is 4.16. The van der Waals surface area contributed by atoms with E-state index in [2.05, 4.69) is 0 Å². The molecule has 0 aromatic carbocycles. The van der Waals surface area contributed by atoms with E-state index in [1.54, 1.807) is 0 Å². The Bertz CT molecular complexity index is 125. The molecule has 0 aliphatic heterocycles. The van der Waals surface area contributed by atoms with E-state index in [9.17, 15) is 22.0 Å². The summed E-state index contributed by atoms with van der Waals surface area (Å²) in [4.78, 5) is 0. The van der Waals surface area contributed by atoms with Gasteiger partial charge in [-0.25, -0.2) is 22.0 Å². The molecule has 0 aliphatic carbocycles. The minimum Gasteiger partial charge on any atom is -0.248 e. The predicted octanol–water partition coefficient (Wildman–Crippen LogP) is 3.07. The fraction of sp³-hybridized carbons (Fsp3) is 1.00. The highest BCUT2D eigenvalue weighted by molar-refractivity contribution is 4.84. The lowest BCUT2D eigenvalue weighted by molar-refractivity contribution is -0.133. The molecule has 0 saturated carbocycles. The van der Waals surface area contributed by atoms with E-state index < -0.39 is 31.4 Å². The maximum absolute atomic E-state index is 12.5. The third-order valence-electron chi connectivity index (χ3n) is 1.51. The van der Waals surface area contributed by atoms with Crippen molar-refractivity contribution in [2.45, 2.75) is 38.0 Å². The number of alkyl halides is 5. The molecule has 5 heteroatoms. The summed E-state index contributed by atoms with van der Waals surface area (Å²) >= 11 is 0. The lowest BCUT2D eigenvalue weighted by Gasteiger charge is -2.21. The van der Waals surface area contributed by atoms with Gasteiger partial charge in [-0.1, -0.05) is 13.3 Å². The van der Waals surface area contributed by atoms with Crippen LogP contribution in [0.3, 0.4) is 0 Å². The summed E-state index contributed by atoms with van der Waals surface area (Å²) in [5.74, 6) is -4.19. The van der Waals surface area contributed by atoms with Gasteiger partial charge in [-0.15, -0.1) is 0 Å². The van der Waals surface area contributed by atoms with E-state index >= 15 is 0 Å². The second-order valence-corrected chi connectivity index (χ2v) is 2.55. The first-order chi connectivity index (χ1) is 5.46. The zero-order chi connectivity index (χ0) is 9.78. The molecule has 0 aromatic rings. The fourth-order valence-corrected chi connectivity index (χ4v) is 0.745. The monoisotopic (exact) mass is 190 g/mol. The van der Waals surface area contributed by atoms with Crippen LogP contribution in [0, 0.1) is 0 Å². The number of halogens is 5. The fourth-order valence-electron chi connectivity index (χ4n) is 0.745. The Labute approximate surface area is 67.8 Å². The molecular weight excluding hydrogens is 179 g/mol. The SMILES string of the molecule is CCCC(F)C(F)(F)[C@@H](F)CF. The number of hydrogen-bond donors (Lipinski definition) is 0. The van der Waals surface area contributed by atoms with Gasteiger partial charge in [0.25, 0.3) is 0 Å². The van der Waals surface area contributed by atoms with Crippen molar-refractivity contribution in [1.82, 2.24) is 0 Å². The maximum atomic E-state index is 12.5. The van der Waals surface area contributed by atoms with Crippen LogP contribution in [-0.4, -0.2) is 24.9 Å². The molecule has 0 saturated heterocycles. The topological polar surface area (TPSA) is 0 Å². The molecule has 0 rings (SSSR count). The summed E-state index contributed by atoms with van der Waals surface area (Å²) in [6, 6.07) is 0. The Morgan fingerprint density at radius 2 is 1.67 bits per heavy atom. The standard InChI is InChI=1S/C7H11F5/c1-2-3-5(9)7(11,12)6(10)4-8/h5-6H,2-4H2,1H3/t5?,6-/m0/s1. The first kappa shape index (κ1) is 11.6. The molecule has 0 N–H and O–H groups in total. The Morgan fingerprint density at radius 1 is 1.17 bits per heavy atom. The van der Waals surface area contributed by atoms with Gasteiger partial charge >= 0.3 is 5.92 Å². The van der Waals surface area contributed by atoms with Gasteiger partial charge in [0, 0.05) is 0 Å². The van der Waals surface area contributed by atoms with E-state index in [1.165, 1.54) is 6.92 Å². The average Bonchev–Trinajstić information content (AvgIpc) is 2.03. The van der Waals surface area contributed by atoms with Gasteiger partial charge in [0.2, 0.25) is 0 Å². The average molecular weight is 190 g/mol. The zero-order valence-corrected chi connectivity index (χ0v) is 6.67. The molecule has 2 atom stereocenters. The van der Waals surface area contributed by atoms with Crippen molar-refractivity contribution in [2.24, 2.45) is 0 Å². The molecule has 0 fully saturated rings. The summed E-state index contributed by atoms with van der Waals surface area (Å²) < 4.78 is 60.9. The Kier molecular flexibility index (Phi) is 4.49. The van der Waals surface area contributed by atoms with Crippen molar-refractivity contribution in [3.05, 3.63) is 0 Å². The van der Waals surface area contributed by atoms with Crippen LogP contribution in [0.1, 0.15) is 19.8 Å². The summed E-state index contributed by atoms with van der Waals surface area (Å²) in [6.07, 6.45) is -5.89. The van der Waals surface area contributed by atoms with Gasteiger partial charge in [0.1, 0.15) is 6.67 Å². The summed E-state index contributed by atoms with van der Waals surface area (Å²) in [5, 5.41) is 0. The van der Waals surface area contributed by atoms with E-state index in [0.29, 0.717) is 0 Å². The molecule has 12 heavy (non-hydrogen) atoms. The number of hydrogen-bond acceptors (Lipinski definition) is 0. The molecule has 1 unspecified atom stereocenters. The third-order valence-corrected chi connectivity index (χ3v) is 1.51. The van der Waals surface area contributed by atoms with Gasteiger partial charge in [0.15, 0.2) is 12.3 Å². The van der Waals surface area contributed by atoms with Crippen molar-refractivity contribution in [3.63, 3.8) is 0 Å². The van der Waals surface area contributed by atoms with Gasteiger partial charge in [-0.3, -0.25) is 0 Å². The minimum absolute atomic E-state index is 0.176. The van der Waals surface area contributed by atoms with Crippen molar-refractivity contribution in [1.29, 1.82) is 0 Å². The van der Waals surface area contributed by atoms with Crippen LogP contribution in [0.25, 0.3) is 0 Å². The van der Waals surface area contributed by atoms with Gasteiger partial charge in [-0.2, -0.15) is 0 Å². The first-order valence-corrected chi connectivity index (χ1v) is 3.68. The molecule has 0 nitrogen and oxygen atoms in total. The second-order valence-electron chi connectivity index (χ2n) is 2.55. The molecule has 0 aliphatic rings. The van der Waals surface area contributed by atoms with E-state index in [1.807, 2.05) is 0 Å². The van der Waals surface area contributed by atoms with Crippen LogP contribution in [-0.2, 0) is 0 Å². The number of rotatable bonds is 5. The lowest BCUT2D eigenvalue weighted by Crippen LogP contribution is -2.41. The highest BCUT2D eigenvalue weighted by Gasteiger charge is 2.47. The molecule has 0 bridgehead atoms. The molecule has 0 spiro atoms. The van der Waals surface area contributed by atoms with Gasteiger partial charge in [-0.05, 0) is 6.42 Å².